The molecule has 24 heavy (non-hydrogen) atoms. The Bertz CT molecular complexity index is 905. The fourth-order valence-corrected chi connectivity index (χ4v) is 3.72. The number of aromatic nitrogens is 3. The van der Waals surface area contributed by atoms with Crippen LogP contribution in [0.4, 0.5) is 0 Å². The molecule has 0 saturated heterocycles. The summed E-state index contributed by atoms with van der Waals surface area (Å²) in [4.78, 5) is 17.0. The molecule has 4 rings (SSSR count). The number of aryl methyl sites for hydroxylation is 3. The predicted octanol–water partition coefficient (Wildman–Crippen LogP) is 2.36. The van der Waals surface area contributed by atoms with Crippen molar-refractivity contribution in [1.29, 1.82) is 0 Å². The summed E-state index contributed by atoms with van der Waals surface area (Å²) >= 11 is 0. The van der Waals surface area contributed by atoms with Gasteiger partial charge in [0, 0.05) is 49.4 Å². The van der Waals surface area contributed by atoms with Crippen molar-refractivity contribution in [3.05, 3.63) is 53.7 Å². The van der Waals surface area contributed by atoms with Crippen LogP contribution in [0.3, 0.4) is 0 Å². The van der Waals surface area contributed by atoms with Crippen LogP contribution in [0, 0.1) is 6.92 Å². The SMILES string of the molecule is Cc1cn2c(n1)CC[C@H](NC(=O)Cc1cn(C)c3ccccc13)C2. The molecule has 0 aliphatic carbocycles. The van der Waals surface area contributed by atoms with Crippen molar-refractivity contribution < 1.29 is 4.79 Å². The van der Waals surface area contributed by atoms with E-state index in [-0.39, 0.29) is 11.9 Å². The van der Waals surface area contributed by atoms with Gasteiger partial charge in [0.05, 0.1) is 12.1 Å². The van der Waals surface area contributed by atoms with E-state index in [1.165, 1.54) is 0 Å². The minimum absolute atomic E-state index is 0.0941. The minimum Gasteiger partial charge on any atom is -0.351 e. The van der Waals surface area contributed by atoms with Crippen LogP contribution >= 0.6 is 0 Å². The lowest BCUT2D eigenvalue weighted by Crippen LogP contribution is -2.41. The van der Waals surface area contributed by atoms with Gasteiger partial charge in [0.15, 0.2) is 0 Å². The number of para-hydroxylation sites is 1. The molecule has 1 aliphatic rings. The van der Waals surface area contributed by atoms with E-state index in [2.05, 4.69) is 44.0 Å². The normalized spacial score (nSPS) is 17.0. The molecule has 1 aromatic carbocycles. The van der Waals surface area contributed by atoms with Crippen LogP contribution in [-0.2, 0) is 31.2 Å². The van der Waals surface area contributed by atoms with Gasteiger partial charge in [-0.3, -0.25) is 4.79 Å². The maximum absolute atomic E-state index is 12.5. The third-order valence-electron chi connectivity index (χ3n) is 4.81. The minimum atomic E-state index is 0.0941. The smallest absolute Gasteiger partial charge is 0.224 e. The zero-order valence-electron chi connectivity index (χ0n) is 14.1. The third kappa shape index (κ3) is 2.70. The van der Waals surface area contributed by atoms with Crippen LogP contribution in [0.5, 0.6) is 0 Å². The van der Waals surface area contributed by atoms with Gasteiger partial charge >= 0.3 is 0 Å². The molecule has 1 atom stereocenters. The molecule has 1 N–H and O–H groups in total. The topological polar surface area (TPSA) is 51.9 Å². The van der Waals surface area contributed by atoms with E-state index in [4.69, 9.17) is 0 Å². The molecular formula is C19H22N4O. The number of amides is 1. The number of fused-ring (bicyclic) bond motifs is 2. The number of nitrogens with one attached hydrogen (secondary N) is 1. The van der Waals surface area contributed by atoms with Crippen molar-refractivity contribution in [1.82, 2.24) is 19.4 Å². The Morgan fingerprint density at radius 1 is 1.33 bits per heavy atom. The molecule has 5 nitrogen and oxygen atoms in total. The molecule has 5 heteroatoms. The Morgan fingerprint density at radius 2 is 2.17 bits per heavy atom. The van der Waals surface area contributed by atoms with Gasteiger partial charge in [-0.2, -0.15) is 0 Å². The number of benzene rings is 1. The zero-order chi connectivity index (χ0) is 16.7. The molecule has 3 aromatic rings. The highest BCUT2D eigenvalue weighted by molar-refractivity contribution is 5.89. The molecule has 2 aromatic heterocycles. The maximum atomic E-state index is 12.5. The highest BCUT2D eigenvalue weighted by Crippen LogP contribution is 2.21. The second-order valence-corrected chi connectivity index (χ2v) is 6.71. The number of carbonyl (C=O) groups is 1. The van der Waals surface area contributed by atoms with Gasteiger partial charge in [-0.05, 0) is 25.0 Å². The molecule has 124 valence electrons. The Kier molecular flexibility index (Phi) is 3.63. The Hall–Kier alpha value is -2.56. The number of carbonyl (C=O) groups excluding carboxylic acids is 1. The Labute approximate surface area is 141 Å². The summed E-state index contributed by atoms with van der Waals surface area (Å²) in [5.74, 6) is 1.23. The standard InChI is InChI=1S/C19H22N4O/c1-13-10-23-12-15(7-8-18(23)20-13)21-19(24)9-14-11-22(2)17-6-4-3-5-16(14)17/h3-6,10-11,15H,7-9,12H2,1-2H3,(H,21,24)/t15-/m0/s1. The summed E-state index contributed by atoms with van der Waals surface area (Å²) in [6.45, 7) is 2.83. The maximum Gasteiger partial charge on any atom is 0.224 e. The molecular weight excluding hydrogens is 300 g/mol. The number of nitrogens with zero attached hydrogens (tertiary/aromatic N) is 3. The lowest BCUT2D eigenvalue weighted by molar-refractivity contribution is -0.121. The van der Waals surface area contributed by atoms with Crippen LogP contribution in [0.2, 0.25) is 0 Å². The highest BCUT2D eigenvalue weighted by Gasteiger charge is 2.21. The van der Waals surface area contributed by atoms with Crippen molar-refractivity contribution in [3.63, 3.8) is 0 Å². The zero-order valence-corrected chi connectivity index (χ0v) is 14.1. The van der Waals surface area contributed by atoms with E-state index in [1.807, 2.05) is 26.1 Å². The van der Waals surface area contributed by atoms with Gasteiger partial charge in [-0.15, -0.1) is 0 Å². The highest BCUT2D eigenvalue weighted by atomic mass is 16.1. The van der Waals surface area contributed by atoms with Crippen molar-refractivity contribution in [2.24, 2.45) is 7.05 Å². The fraction of sp³-hybridized carbons (Fsp3) is 0.368. The second-order valence-electron chi connectivity index (χ2n) is 6.71. The molecule has 0 bridgehead atoms. The first-order valence-corrected chi connectivity index (χ1v) is 8.45. The summed E-state index contributed by atoms with van der Waals surface area (Å²) in [5, 5.41) is 4.35. The van der Waals surface area contributed by atoms with Gasteiger partial charge in [0.1, 0.15) is 5.82 Å². The van der Waals surface area contributed by atoms with E-state index < -0.39 is 0 Å². The summed E-state index contributed by atoms with van der Waals surface area (Å²) in [5.41, 5.74) is 3.30. The van der Waals surface area contributed by atoms with E-state index >= 15 is 0 Å². The van der Waals surface area contributed by atoms with Crippen molar-refractivity contribution in [2.45, 2.75) is 38.8 Å². The number of rotatable bonds is 3. The predicted molar refractivity (Wildman–Crippen MR) is 93.8 cm³/mol. The quantitative estimate of drug-likeness (QED) is 0.805. The van der Waals surface area contributed by atoms with Crippen molar-refractivity contribution in [2.75, 3.05) is 0 Å². The first-order chi connectivity index (χ1) is 11.6. The van der Waals surface area contributed by atoms with E-state index in [0.29, 0.717) is 6.42 Å². The number of hydrogen-bond acceptors (Lipinski definition) is 2. The number of hydrogen-bond donors (Lipinski definition) is 1. The van der Waals surface area contributed by atoms with Gasteiger partial charge in [0.25, 0.3) is 0 Å². The molecule has 0 saturated carbocycles. The monoisotopic (exact) mass is 322 g/mol. The lowest BCUT2D eigenvalue weighted by atomic mass is 10.1. The van der Waals surface area contributed by atoms with Gasteiger partial charge in [-0.25, -0.2) is 4.98 Å². The molecule has 0 fully saturated rings. The summed E-state index contributed by atoms with van der Waals surface area (Å²) < 4.78 is 4.25. The molecule has 1 aliphatic heterocycles. The first-order valence-electron chi connectivity index (χ1n) is 8.45. The summed E-state index contributed by atoms with van der Waals surface area (Å²) in [6.07, 6.45) is 6.43. The second kappa shape index (κ2) is 5.82. The van der Waals surface area contributed by atoms with Crippen LogP contribution < -0.4 is 5.32 Å². The van der Waals surface area contributed by atoms with Crippen molar-refractivity contribution >= 4 is 16.8 Å². The third-order valence-corrected chi connectivity index (χ3v) is 4.81. The van der Waals surface area contributed by atoms with Gasteiger partial charge in [-0.1, -0.05) is 18.2 Å². The van der Waals surface area contributed by atoms with Crippen molar-refractivity contribution in [3.8, 4) is 0 Å². The van der Waals surface area contributed by atoms with Crippen LogP contribution in [0.25, 0.3) is 10.9 Å². The fourth-order valence-electron chi connectivity index (χ4n) is 3.72. The molecule has 0 unspecified atom stereocenters. The van der Waals surface area contributed by atoms with E-state index in [0.717, 1.165) is 47.4 Å². The summed E-state index contributed by atoms with van der Waals surface area (Å²) in [6, 6.07) is 8.40. The van der Waals surface area contributed by atoms with E-state index in [1.54, 1.807) is 0 Å². The molecule has 0 radical (unpaired) electrons. The Balaban J connectivity index is 1.45. The van der Waals surface area contributed by atoms with Crippen LogP contribution in [-0.4, -0.2) is 26.1 Å². The first kappa shape index (κ1) is 15.0. The average molecular weight is 322 g/mol. The number of imidazole rings is 1. The molecule has 1 amide bonds. The van der Waals surface area contributed by atoms with Gasteiger partial charge < -0.3 is 14.5 Å². The largest absolute Gasteiger partial charge is 0.351 e. The van der Waals surface area contributed by atoms with Crippen LogP contribution in [0.15, 0.2) is 36.7 Å². The molecule has 0 spiro atoms. The average Bonchev–Trinajstić information content (AvgIpc) is 3.07. The Morgan fingerprint density at radius 3 is 3.04 bits per heavy atom. The lowest BCUT2D eigenvalue weighted by Gasteiger charge is -2.24. The van der Waals surface area contributed by atoms with E-state index in [9.17, 15) is 4.79 Å². The van der Waals surface area contributed by atoms with Crippen LogP contribution in [0.1, 0.15) is 23.5 Å². The molecule has 3 heterocycles. The van der Waals surface area contributed by atoms with Gasteiger partial charge in [0.2, 0.25) is 5.91 Å². The summed E-state index contributed by atoms with van der Waals surface area (Å²) in [7, 11) is 2.02.